The zero-order chi connectivity index (χ0) is 17.1. The van der Waals surface area contributed by atoms with Crippen LogP contribution >= 0.6 is 0 Å². The van der Waals surface area contributed by atoms with E-state index in [0.717, 1.165) is 31.9 Å². The van der Waals surface area contributed by atoms with E-state index in [-0.39, 0.29) is 11.8 Å². The van der Waals surface area contributed by atoms with Crippen molar-refractivity contribution in [3.8, 4) is 0 Å². The highest BCUT2D eigenvalue weighted by molar-refractivity contribution is 5.95. The number of aromatic nitrogens is 2. The molecular weight excluding hydrogens is 300 g/mol. The standard InChI is InChI=1S/C19H24N4O/c1-14(2)18-17(12-20-13-21-18)19(24)23-9-7-22(8-10-23)16-6-4-5-15(3)11-16/h4-6,11-14H,7-10H2,1-3H3. The summed E-state index contributed by atoms with van der Waals surface area (Å²) >= 11 is 0. The molecule has 2 aromatic rings. The maximum absolute atomic E-state index is 12.8. The Morgan fingerprint density at radius 2 is 1.92 bits per heavy atom. The van der Waals surface area contributed by atoms with Gasteiger partial charge in [-0.05, 0) is 30.5 Å². The van der Waals surface area contributed by atoms with Crippen LogP contribution in [0.15, 0.2) is 36.8 Å². The molecule has 0 spiro atoms. The van der Waals surface area contributed by atoms with Gasteiger partial charge in [-0.1, -0.05) is 26.0 Å². The Balaban J connectivity index is 1.70. The number of carbonyl (C=O) groups is 1. The summed E-state index contributed by atoms with van der Waals surface area (Å²) in [6.45, 7) is 9.34. The summed E-state index contributed by atoms with van der Waals surface area (Å²) in [5.41, 5.74) is 3.95. The van der Waals surface area contributed by atoms with Crippen molar-refractivity contribution in [3.05, 3.63) is 53.6 Å². The number of benzene rings is 1. The van der Waals surface area contributed by atoms with Gasteiger partial charge in [-0.2, -0.15) is 0 Å². The summed E-state index contributed by atoms with van der Waals surface area (Å²) in [4.78, 5) is 25.4. The van der Waals surface area contributed by atoms with Crippen molar-refractivity contribution >= 4 is 11.6 Å². The number of piperazine rings is 1. The molecule has 0 N–H and O–H groups in total. The van der Waals surface area contributed by atoms with E-state index in [1.165, 1.54) is 17.6 Å². The zero-order valence-electron chi connectivity index (χ0n) is 14.6. The van der Waals surface area contributed by atoms with Crippen LogP contribution < -0.4 is 4.90 Å². The second-order valence-corrected chi connectivity index (χ2v) is 6.59. The summed E-state index contributed by atoms with van der Waals surface area (Å²) in [7, 11) is 0. The molecule has 5 heteroatoms. The van der Waals surface area contributed by atoms with Gasteiger partial charge in [0.1, 0.15) is 6.33 Å². The summed E-state index contributed by atoms with van der Waals surface area (Å²) in [5, 5.41) is 0. The van der Waals surface area contributed by atoms with Gasteiger partial charge in [0.05, 0.1) is 11.3 Å². The number of amides is 1. The van der Waals surface area contributed by atoms with Crippen LogP contribution in [0, 0.1) is 6.92 Å². The van der Waals surface area contributed by atoms with Crippen molar-refractivity contribution in [1.82, 2.24) is 14.9 Å². The lowest BCUT2D eigenvalue weighted by Crippen LogP contribution is -2.49. The molecule has 1 aromatic heterocycles. The average molecular weight is 324 g/mol. The molecule has 126 valence electrons. The van der Waals surface area contributed by atoms with Gasteiger partial charge in [0, 0.05) is 38.1 Å². The van der Waals surface area contributed by atoms with E-state index in [4.69, 9.17) is 0 Å². The largest absolute Gasteiger partial charge is 0.368 e. The van der Waals surface area contributed by atoms with Gasteiger partial charge in [0.25, 0.3) is 5.91 Å². The van der Waals surface area contributed by atoms with Crippen LogP contribution in [0.3, 0.4) is 0 Å². The third-order valence-electron chi connectivity index (χ3n) is 4.45. The molecule has 24 heavy (non-hydrogen) atoms. The van der Waals surface area contributed by atoms with Crippen molar-refractivity contribution in [1.29, 1.82) is 0 Å². The maximum atomic E-state index is 12.8. The molecule has 1 saturated heterocycles. The van der Waals surface area contributed by atoms with Crippen LogP contribution in [-0.2, 0) is 0 Å². The minimum absolute atomic E-state index is 0.0446. The lowest BCUT2D eigenvalue weighted by Gasteiger charge is -2.36. The van der Waals surface area contributed by atoms with E-state index >= 15 is 0 Å². The summed E-state index contributed by atoms with van der Waals surface area (Å²) in [5.74, 6) is 0.253. The molecule has 0 unspecified atom stereocenters. The fourth-order valence-electron chi connectivity index (χ4n) is 3.13. The lowest BCUT2D eigenvalue weighted by atomic mass is 10.0. The number of carbonyl (C=O) groups excluding carboxylic acids is 1. The SMILES string of the molecule is Cc1cccc(N2CCN(C(=O)c3cncnc3C(C)C)CC2)c1. The van der Waals surface area contributed by atoms with Crippen LogP contribution in [0.5, 0.6) is 0 Å². The van der Waals surface area contributed by atoms with Crippen LogP contribution in [-0.4, -0.2) is 47.0 Å². The predicted molar refractivity (Wildman–Crippen MR) is 95.4 cm³/mol. The van der Waals surface area contributed by atoms with Gasteiger partial charge >= 0.3 is 0 Å². The van der Waals surface area contributed by atoms with Gasteiger partial charge in [-0.15, -0.1) is 0 Å². The van der Waals surface area contributed by atoms with E-state index in [0.29, 0.717) is 5.56 Å². The Morgan fingerprint density at radius 3 is 2.58 bits per heavy atom. The second kappa shape index (κ2) is 6.99. The fraction of sp³-hybridized carbons (Fsp3) is 0.421. The molecule has 1 amide bonds. The molecular formula is C19H24N4O. The zero-order valence-corrected chi connectivity index (χ0v) is 14.6. The van der Waals surface area contributed by atoms with E-state index in [1.54, 1.807) is 6.20 Å². The van der Waals surface area contributed by atoms with Crippen molar-refractivity contribution in [3.63, 3.8) is 0 Å². The highest BCUT2D eigenvalue weighted by Gasteiger charge is 2.25. The highest BCUT2D eigenvalue weighted by atomic mass is 16.2. The monoisotopic (exact) mass is 324 g/mol. The smallest absolute Gasteiger partial charge is 0.257 e. The number of nitrogens with zero attached hydrogens (tertiary/aromatic N) is 4. The highest BCUT2D eigenvalue weighted by Crippen LogP contribution is 2.21. The fourth-order valence-corrected chi connectivity index (χ4v) is 3.13. The Hall–Kier alpha value is -2.43. The van der Waals surface area contributed by atoms with E-state index in [2.05, 4.69) is 59.9 Å². The van der Waals surface area contributed by atoms with Gasteiger partial charge in [-0.3, -0.25) is 4.79 Å². The van der Waals surface area contributed by atoms with Crippen molar-refractivity contribution in [2.24, 2.45) is 0 Å². The summed E-state index contributed by atoms with van der Waals surface area (Å²) in [6.07, 6.45) is 3.17. The molecule has 2 heterocycles. The van der Waals surface area contributed by atoms with Crippen LogP contribution in [0.2, 0.25) is 0 Å². The van der Waals surface area contributed by atoms with Gasteiger partial charge in [-0.25, -0.2) is 9.97 Å². The molecule has 0 atom stereocenters. The topological polar surface area (TPSA) is 49.3 Å². The Kier molecular flexibility index (Phi) is 4.79. The third kappa shape index (κ3) is 3.40. The van der Waals surface area contributed by atoms with Gasteiger partial charge in [0.2, 0.25) is 0 Å². The van der Waals surface area contributed by atoms with E-state index in [1.807, 2.05) is 4.90 Å². The quantitative estimate of drug-likeness (QED) is 0.871. The van der Waals surface area contributed by atoms with Crippen molar-refractivity contribution in [2.45, 2.75) is 26.7 Å². The van der Waals surface area contributed by atoms with Crippen LogP contribution in [0.4, 0.5) is 5.69 Å². The second-order valence-electron chi connectivity index (χ2n) is 6.59. The molecule has 3 rings (SSSR count). The van der Waals surface area contributed by atoms with Crippen molar-refractivity contribution < 1.29 is 4.79 Å². The average Bonchev–Trinajstić information content (AvgIpc) is 2.61. The molecule has 1 aliphatic rings. The van der Waals surface area contributed by atoms with Crippen LogP contribution in [0.1, 0.15) is 41.4 Å². The lowest BCUT2D eigenvalue weighted by molar-refractivity contribution is 0.0744. The number of aryl methyl sites for hydroxylation is 1. The molecule has 0 radical (unpaired) electrons. The number of rotatable bonds is 3. The first-order chi connectivity index (χ1) is 11.6. The first-order valence-corrected chi connectivity index (χ1v) is 8.47. The first-order valence-electron chi connectivity index (χ1n) is 8.47. The third-order valence-corrected chi connectivity index (χ3v) is 4.45. The number of hydrogen-bond donors (Lipinski definition) is 0. The molecule has 0 bridgehead atoms. The summed E-state index contributed by atoms with van der Waals surface area (Å²) < 4.78 is 0. The Bertz CT molecular complexity index is 721. The first kappa shape index (κ1) is 16.4. The molecule has 5 nitrogen and oxygen atoms in total. The minimum Gasteiger partial charge on any atom is -0.368 e. The summed E-state index contributed by atoms with van der Waals surface area (Å²) in [6, 6.07) is 8.51. The minimum atomic E-state index is 0.0446. The van der Waals surface area contributed by atoms with Gasteiger partial charge < -0.3 is 9.80 Å². The Labute approximate surface area is 143 Å². The maximum Gasteiger partial charge on any atom is 0.257 e. The number of anilines is 1. The normalized spacial score (nSPS) is 15.0. The van der Waals surface area contributed by atoms with E-state index in [9.17, 15) is 4.79 Å². The molecule has 1 aliphatic heterocycles. The van der Waals surface area contributed by atoms with Crippen LogP contribution in [0.25, 0.3) is 0 Å². The van der Waals surface area contributed by atoms with E-state index < -0.39 is 0 Å². The molecule has 1 fully saturated rings. The molecule has 1 aromatic carbocycles. The van der Waals surface area contributed by atoms with Gasteiger partial charge in [0.15, 0.2) is 0 Å². The molecule has 0 saturated carbocycles. The van der Waals surface area contributed by atoms with Crippen molar-refractivity contribution in [2.75, 3.05) is 31.1 Å². The Morgan fingerprint density at radius 1 is 1.17 bits per heavy atom. The predicted octanol–water partition coefficient (Wildman–Crippen LogP) is 2.87. The number of hydrogen-bond acceptors (Lipinski definition) is 4. The molecule has 0 aliphatic carbocycles.